The van der Waals surface area contributed by atoms with E-state index in [1.807, 2.05) is 13.0 Å². The van der Waals surface area contributed by atoms with Crippen LogP contribution in [0.3, 0.4) is 0 Å². The number of hydrogen-bond acceptors (Lipinski definition) is 3. The van der Waals surface area contributed by atoms with E-state index in [-0.39, 0.29) is 40.7 Å². The summed E-state index contributed by atoms with van der Waals surface area (Å²) in [4.78, 5) is 12.1. The fourth-order valence-corrected chi connectivity index (χ4v) is 6.84. The fraction of sp³-hybridized carbons (Fsp3) is 0.850. The molecule has 0 radical (unpaired) electrons. The van der Waals surface area contributed by atoms with Crippen molar-refractivity contribution < 1.29 is 15.0 Å². The summed E-state index contributed by atoms with van der Waals surface area (Å²) in [5.41, 5.74) is 1.23. The number of carbonyl (C=O) groups excluding carboxylic acids is 1. The molecular formula is C20H30O3. The molecule has 128 valence electrons. The second-order valence-electron chi connectivity index (χ2n) is 9.29. The van der Waals surface area contributed by atoms with E-state index in [0.717, 1.165) is 32.1 Å². The van der Waals surface area contributed by atoms with Gasteiger partial charge in [-0.05, 0) is 73.2 Å². The topological polar surface area (TPSA) is 57.5 Å². The van der Waals surface area contributed by atoms with Crippen LogP contribution in [-0.4, -0.2) is 28.2 Å². The minimum absolute atomic E-state index is 0.0180. The molecule has 23 heavy (non-hydrogen) atoms. The Morgan fingerprint density at radius 3 is 2.61 bits per heavy atom. The van der Waals surface area contributed by atoms with Crippen molar-refractivity contribution in [1.82, 2.24) is 0 Å². The molecule has 0 heterocycles. The van der Waals surface area contributed by atoms with Crippen molar-refractivity contribution in [1.29, 1.82) is 0 Å². The summed E-state index contributed by atoms with van der Waals surface area (Å²) in [5.74, 6) is 1.50. The largest absolute Gasteiger partial charge is 0.393 e. The predicted molar refractivity (Wildman–Crippen MR) is 88.7 cm³/mol. The first kappa shape index (κ1) is 15.8. The summed E-state index contributed by atoms with van der Waals surface area (Å²) in [6.45, 7) is 6.62. The summed E-state index contributed by atoms with van der Waals surface area (Å²) in [6.07, 6.45) is 6.91. The van der Waals surface area contributed by atoms with Gasteiger partial charge in [0.2, 0.25) is 0 Å². The number of aliphatic hydroxyl groups is 2. The van der Waals surface area contributed by atoms with Gasteiger partial charge in [0.05, 0.1) is 12.2 Å². The first-order valence-corrected chi connectivity index (χ1v) is 9.38. The quantitative estimate of drug-likeness (QED) is 0.721. The second kappa shape index (κ2) is 4.92. The summed E-state index contributed by atoms with van der Waals surface area (Å²) in [7, 11) is 0. The van der Waals surface area contributed by atoms with E-state index in [9.17, 15) is 15.0 Å². The first-order valence-electron chi connectivity index (χ1n) is 9.38. The van der Waals surface area contributed by atoms with Gasteiger partial charge < -0.3 is 10.2 Å². The normalized spacial score (nSPS) is 55.7. The van der Waals surface area contributed by atoms with Crippen LogP contribution in [0.4, 0.5) is 0 Å². The van der Waals surface area contributed by atoms with Crippen molar-refractivity contribution in [2.45, 2.75) is 71.5 Å². The van der Waals surface area contributed by atoms with Crippen LogP contribution < -0.4 is 0 Å². The van der Waals surface area contributed by atoms with Crippen molar-refractivity contribution in [3.8, 4) is 0 Å². The van der Waals surface area contributed by atoms with E-state index >= 15 is 0 Å². The Hall–Kier alpha value is -0.670. The Morgan fingerprint density at radius 2 is 1.87 bits per heavy atom. The lowest BCUT2D eigenvalue weighted by Crippen LogP contribution is -2.56. The van der Waals surface area contributed by atoms with Crippen LogP contribution in [0.15, 0.2) is 11.6 Å². The lowest BCUT2D eigenvalue weighted by atomic mass is 9.46. The lowest BCUT2D eigenvalue weighted by molar-refractivity contribution is -0.131. The lowest BCUT2D eigenvalue weighted by Gasteiger charge is -2.59. The number of rotatable bonds is 0. The van der Waals surface area contributed by atoms with E-state index in [1.165, 1.54) is 5.57 Å². The Bertz CT molecular complexity index is 567. The Labute approximate surface area is 139 Å². The number of ketones is 1. The SMILES string of the molecule is CC1C[C@@]2(C)C(=CC1=O)CC(O)[C@@H]1[C@H]2CC[C@]2(C)C(O)CC[C@@H]12. The van der Waals surface area contributed by atoms with E-state index in [0.29, 0.717) is 18.3 Å². The third kappa shape index (κ3) is 1.99. The molecule has 3 heteroatoms. The molecule has 0 spiro atoms. The average molecular weight is 318 g/mol. The highest BCUT2D eigenvalue weighted by molar-refractivity contribution is 5.93. The number of fused-ring (bicyclic) bond motifs is 5. The van der Waals surface area contributed by atoms with E-state index in [1.54, 1.807) is 0 Å². The van der Waals surface area contributed by atoms with Gasteiger partial charge in [0.1, 0.15) is 0 Å². The third-order valence-electron chi connectivity index (χ3n) is 8.24. The van der Waals surface area contributed by atoms with Gasteiger partial charge in [0.25, 0.3) is 0 Å². The number of hydrogen-bond donors (Lipinski definition) is 2. The maximum absolute atomic E-state index is 12.1. The number of carbonyl (C=O) groups is 1. The highest BCUT2D eigenvalue weighted by atomic mass is 16.3. The van der Waals surface area contributed by atoms with Gasteiger partial charge in [-0.2, -0.15) is 0 Å². The molecule has 0 aromatic rings. The molecule has 4 aliphatic carbocycles. The molecular weight excluding hydrogens is 288 g/mol. The van der Waals surface area contributed by atoms with E-state index in [4.69, 9.17) is 0 Å². The van der Waals surface area contributed by atoms with Crippen LogP contribution >= 0.6 is 0 Å². The monoisotopic (exact) mass is 318 g/mol. The summed E-state index contributed by atoms with van der Waals surface area (Å²) in [6, 6.07) is 0. The van der Waals surface area contributed by atoms with Crippen molar-refractivity contribution >= 4 is 5.78 Å². The molecule has 0 aliphatic heterocycles. The van der Waals surface area contributed by atoms with Crippen LogP contribution in [0.2, 0.25) is 0 Å². The Balaban J connectivity index is 1.74. The van der Waals surface area contributed by atoms with E-state index in [2.05, 4.69) is 13.8 Å². The first-order chi connectivity index (χ1) is 10.8. The smallest absolute Gasteiger partial charge is 0.158 e. The van der Waals surface area contributed by atoms with Gasteiger partial charge in [-0.25, -0.2) is 0 Å². The molecule has 8 atom stereocenters. The van der Waals surface area contributed by atoms with Crippen molar-refractivity contribution in [2.24, 2.45) is 34.5 Å². The zero-order valence-corrected chi connectivity index (χ0v) is 14.6. The minimum atomic E-state index is -0.351. The molecule has 0 amide bonds. The molecule has 3 unspecified atom stereocenters. The van der Waals surface area contributed by atoms with Crippen LogP contribution in [0.5, 0.6) is 0 Å². The summed E-state index contributed by atoms with van der Waals surface area (Å²) >= 11 is 0. The zero-order chi connectivity index (χ0) is 16.6. The molecule has 3 fully saturated rings. The van der Waals surface area contributed by atoms with Crippen LogP contribution in [0.25, 0.3) is 0 Å². The Kier molecular flexibility index (Phi) is 3.39. The van der Waals surface area contributed by atoms with Gasteiger partial charge in [-0.15, -0.1) is 0 Å². The van der Waals surface area contributed by atoms with Gasteiger partial charge in [-0.3, -0.25) is 4.79 Å². The third-order valence-corrected chi connectivity index (χ3v) is 8.24. The molecule has 3 nitrogen and oxygen atoms in total. The second-order valence-corrected chi connectivity index (χ2v) is 9.29. The molecule has 3 saturated carbocycles. The van der Waals surface area contributed by atoms with Gasteiger partial charge in [0.15, 0.2) is 5.78 Å². The zero-order valence-electron chi connectivity index (χ0n) is 14.6. The van der Waals surface area contributed by atoms with Crippen molar-refractivity contribution in [2.75, 3.05) is 0 Å². The molecule has 0 aromatic carbocycles. The summed E-state index contributed by atoms with van der Waals surface area (Å²) in [5, 5.41) is 21.4. The van der Waals surface area contributed by atoms with Crippen LogP contribution in [0.1, 0.15) is 59.3 Å². The van der Waals surface area contributed by atoms with Crippen LogP contribution in [-0.2, 0) is 4.79 Å². The molecule has 0 bridgehead atoms. The van der Waals surface area contributed by atoms with E-state index < -0.39 is 0 Å². The van der Waals surface area contributed by atoms with Gasteiger partial charge >= 0.3 is 0 Å². The molecule has 2 N–H and O–H groups in total. The van der Waals surface area contributed by atoms with Crippen molar-refractivity contribution in [3.05, 3.63) is 11.6 Å². The molecule has 4 aliphatic rings. The molecule has 4 rings (SSSR count). The van der Waals surface area contributed by atoms with Crippen molar-refractivity contribution in [3.63, 3.8) is 0 Å². The fourth-order valence-electron chi connectivity index (χ4n) is 6.84. The minimum Gasteiger partial charge on any atom is -0.393 e. The standard InChI is InChI=1S/C20H30O3/c1-11-10-20(3)12(8-15(11)21)9-16(22)18-13-4-5-17(23)19(13,2)7-6-14(18)20/h8,11,13-14,16-18,22-23H,4-7,9-10H2,1-3H3/t11?,13-,14+,16?,17?,18-,19-,20-/m0/s1. The summed E-state index contributed by atoms with van der Waals surface area (Å²) < 4.78 is 0. The molecule has 0 saturated heterocycles. The van der Waals surface area contributed by atoms with Gasteiger partial charge in [-0.1, -0.05) is 26.3 Å². The van der Waals surface area contributed by atoms with Gasteiger partial charge in [0, 0.05) is 5.92 Å². The predicted octanol–water partition coefficient (Wildman–Crippen LogP) is 3.10. The number of aliphatic hydroxyl groups excluding tert-OH is 2. The maximum atomic E-state index is 12.1. The highest BCUT2D eigenvalue weighted by Crippen LogP contribution is 2.65. The average Bonchev–Trinajstić information content (AvgIpc) is 2.78. The maximum Gasteiger partial charge on any atom is 0.158 e. The van der Waals surface area contributed by atoms with Crippen LogP contribution in [0, 0.1) is 34.5 Å². The molecule has 0 aromatic heterocycles. The Morgan fingerprint density at radius 1 is 1.13 bits per heavy atom. The highest BCUT2D eigenvalue weighted by Gasteiger charge is 2.61.